The Hall–Kier alpha value is -6.88. The molecule has 4 heterocycles. The largest absolute Gasteiger partial charge is 0.344 e. The molecule has 3 aromatic heterocycles. The molecule has 7 heteroatoms. The summed E-state index contributed by atoms with van der Waals surface area (Å²) in [7, 11) is 0. The summed E-state index contributed by atoms with van der Waals surface area (Å²) in [6, 6.07) is 54.5. The van der Waals surface area contributed by atoms with E-state index < -0.39 is 0 Å². The number of pyridine rings is 1. The van der Waals surface area contributed by atoms with Crippen LogP contribution in [-0.2, 0) is 0 Å². The third-order valence-corrected chi connectivity index (χ3v) is 10.9. The number of amidine groups is 2. The van der Waals surface area contributed by atoms with Gasteiger partial charge in [0.2, 0.25) is 0 Å². The molecule has 6 nitrogen and oxygen atoms in total. The van der Waals surface area contributed by atoms with Crippen molar-refractivity contribution < 1.29 is 0 Å². The highest BCUT2D eigenvalue weighted by atomic mass is 32.1. The van der Waals surface area contributed by atoms with Gasteiger partial charge in [-0.3, -0.25) is 4.98 Å². The summed E-state index contributed by atoms with van der Waals surface area (Å²) in [5, 5.41) is 17.5. The van der Waals surface area contributed by atoms with E-state index in [1.54, 1.807) is 11.3 Å². The molecule has 0 saturated heterocycles. The van der Waals surface area contributed by atoms with Crippen LogP contribution in [0.25, 0.3) is 58.8 Å². The van der Waals surface area contributed by atoms with Crippen LogP contribution in [0.5, 0.6) is 0 Å². The minimum Gasteiger partial charge on any atom is -0.344 e. The molecule has 52 heavy (non-hydrogen) atoms. The van der Waals surface area contributed by atoms with Gasteiger partial charge in [0.15, 0.2) is 5.84 Å². The van der Waals surface area contributed by atoms with E-state index in [0.29, 0.717) is 11.4 Å². The van der Waals surface area contributed by atoms with Crippen molar-refractivity contribution in [2.45, 2.75) is 6.17 Å². The van der Waals surface area contributed by atoms with Crippen LogP contribution in [0.1, 0.15) is 28.6 Å². The van der Waals surface area contributed by atoms with E-state index in [0.717, 1.165) is 66.0 Å². The second-order valence-corrected chi connectivity index (χ2v) is 13.9. The van der Waals surface area contributed by atoms with Crippen molar-refractivity contribution in [2.24, 2.45) is 9.98 Å². The minimum absolute atomic E-state index is 0.306. The Morgan fingerprint density at radius 1 is 0.635 bits per heavy atom. The number of rotatable bonds is 5. The average molecular weight is 685 g/mol. The molecule has 9 aromatic rings. The van der Waals surface area contributed by atoms with E-state index in [1.165, 1.54) is 15.5 Å². The number of nitrogens with zero attached hydrogens (tertiary/aromatic N) is 5. The first-order valence-corrected chi connectivity index (χ1v) is 17.9. The molecular formula is C45H28N6S. The van der Waals surface area contributed by atoms with Crippen LogP contribution in [0, 0.1) is 11.3 Å². The van der Waals surface area contributed by atoms with E-state index in [4.69, 9.17) is 15.0 Å². The molecule has 0 spiro atoms. The molecule has 0 saturated carbocycles. The quantitative estimate of drug-likeness (QED) is 0.196. The van der Waals surface area contributed by atoms with Gasteiger partial charge in [-0.2, -0.15) is 5.26 Å². The SMILES string of the molecule is N#Cc1ccc(-n2c3ccccc3c3cc(-c4ccc5sc6ccnc(C7=NC(c8ccccc8)NC(c8ccccc8)=N7)c6c5c4)ccc32)cc1. The van der Waals surface area contributed by atoms with Crippen LogP contribution in [0.3, 0.4) is 0 Å². The fourth-order valence-electron chi connectivity index (χ4n) is 7.29. The van der Waals surface area contributed by atoms with Crippen LogP contribution >= 0.6 is 11.3 Å². The van der Waals surface area contributed by atoms with Crippen LogP contribution in [-0.4, -0.2) is 21.2 Å². The number of aromatic nitrogens is 2. The van der Waals surface area contributed by atoms with Crippen molar-refractivity contribution in [1.82, 2.24) is 14.9 Å². The van der Waals surface area contributed by atoms with Crippen LogP contribution in [0.2, 0.25) is 0 Å². The summed E-state index contributed by atoms with van der Waals surface area (Å²) < 4.78 is 4.61. The standard InChI is InChI=1S/C45H28N6S/c46-27-28-15-19-33(20-16-28)51-37-14-8-7-13-34(37)35-25-31(17-21-38(35)51)32-18-22-39-36(26-32)41-40(52-39)23-24-47-42(41)45-49-43(29-9-3-1-4-10-29)48-44(50-45)30-11-5-2-6-12-30/h1-26,43H,(H,48,49,50). The van der Waals surface area contributed by atoms with Crippen LogP contribution in [0.15, 0.2) is 168 Å². The monoisotopic (exact) mass is 684 g/mol. The minimum atomic E-state index is -0.306. The lowest BCUT2D eigenvalue weighted by Crippen LogP contribution is -2.33. The Kier molecular flexibility index (Phi) is 7.01. The summed E-state index contributed by atoms with van der Waals surface area (Å²) in [5.41, 5.74) is 9.01. The zero-order valence-electron chi connectivity index (χ0n) is 27.7. The van der Waals surface area contributed by atoms with Gasteiger partial charge in [0.05, 0.1) is 22.7 Å². The fraction of sp³-hybridized carbons (Fsp3) is 0.0222. The number of hydrogen-bond acceptors (Lipinski definition) is 6. The van der Waals surface area contributed by atoms with Crippen LogP contribution < -0.4 is 5.32 Å². The molecule has 10 rings (SSSR count). The van der Waals surface area contributed by atoms with E-state index in [-0.39, 0.29) is 6.17 Å². The Balaban J connectivity index is 1.13. The molecule has 1 atom stereocenters. The predicted molar refractivity (Wildman–Crippen MR) is 213 cm³/mol. The lowest BCUT2D eigenvalue weighted by Gasteiger charge is -2.23. The summed E-state index contributed by atoms with van der Waals surface area (Å²) in [5.74, 6) is 1.38. The highest BCUT2D eigenvalue weighted by Crippen LogP contribution is 2.40. The molecule has 6 aromatic carbocycles. The second-order valence-electron chi connectivity index (χ2n) is 12.8. The van der Waals surface area contributed by atoms with Gasteiger partial charge in [0.25, 0.3) is 0 Å². The fourth-order valence-corrected chi connectivity index (χ4v) is 8.37. The third kappa shape index (κ3) is 4.97. The first kappa shape index (κ1) is 30.0. The maximum absolute atomic E-state index is 9.37. The van der Waals surface area contributed by atoms with Crippen molar-refractivity contribution in [3.05, 3.63) is 180 Å². The summed E-state index contributed by atoms with van der Waals surface area (Å²) in [4.78, 5) is 15.2. The normalized spacial score (nSPS) is 14.3. The van der Waals surface area contributed by atoms with E-state index in [2.05, 4.69) is 107 Å². The number of fused-ring (bicyclic) bond motifs is 6. The third-order valence-electron chi connectivity index (χ3n) is 9.76. The Bertz CT molecular complexity index is 2930. The smallest absolute Gasteiger partial charge is 0.178 e. The van der Waals surface area contributed by atoms with Gasteiger partial charge in [0.1, 0.15) is 17.7 Å². The maximum atomic E-state index is 9.37. The van der Waals surface area contributed by atoms with Gasteiger partial charge in [0, 0.05) is 48.4 Å². The zero-order chi connectivity index (χ0) is 34.6. The van der Waals surface area contributed by atoms with Crippen molar-refractivity contribution in [3.63, 3.8) is 0 Å². The van der Waals surface area contributed by atoms with E-state index in [9.17, 15) is 5.26 Å². The molecular weight excluding hydrogens is 657 g/mol. The predicted octanol–water partition coefficient (Wildman–Crippen LogP) is 10.6. The highest BCUT2D eigenvalue weighted by Gasteiger charge is 2.24. The highest BCUT2D eigenvalue weighted by molar-refractivity contribution is 7.25. The zero-order valence-corrected chi connectivity index (χ0v) is 28.5. The molecule has 244 valence electrons. The maximum Gasteiger partial charge on any atom is 0.178 e. The van der Waals surface area contributed by atoms with E-state index in [1.807, 2.05) is 66.9 Å². The number of para-hydroxylation sites is 1. The molecule has 1 N–H and O–H groups in total. The molecule has 1 aliphatic heterocycles. The Labute approximate surface area is 303 Å². The first-order chi connectivity index (χ1) is 25.7. The lowest BCUT2D eigenvalue weighted by atomic mass is 10.00. The molecule has 0 bridgehead atoms. The lowest BCUT2D eigenvalue weighted by molar-refractivity contribution is 0.674. The number of hydrogen-bond donors (Lipinski definition) is 1. The average Bonchev–Trinajstić information content (AvgIpc) is 3.76. The second kappa shape index (κ2) is 12.2. The van der Waals surface area contributed by atoms with Crippen molar-refractivity contribution in [2.75, 3.05) is 0 Å². The molecule has 0 radical (unpaired) electrons. The van der Waals surface area contributed by atoms with Crippen molar-refractivity contribution in [3.8, 4) is 22.9 Å². The number of nitrogens with one attached hydrogen (secondary N) is 1. The van der Waals surface area contributed by atoms with Gasteiger partial charge in [-0.15, -0.1) is 11.3 Å². The van der Waals surface area contributed by atoms with Crippen LogP contribution in [0.4, 0.5) is 0 Å². The Morgan fingerprint density at radius 2 is 1.35 bits per heavy atom. The van der Waals surface area contributed by atoms with Crippen molar-refractivity contribution in [1.29, 1.82) is 5.26 Å². The summed E-state index contributed by atoms with van der Waals surface area (Å²) >= 11 is 1.76. The summed E-state index contributed by atoms with van der Waals surface area (Å²) in [6.45, 7) is 0. The van der Waals surface area contributed by atoms with Crippen molar-refractivity contribution >= 4 is 65.0 Å². The summed E-state index contributed by atoms with van der Waals surface area (Å²) in [6.07, 6.45) is 1.56. The van der Waals surface area contributed by atoms with Gasteiger partial charge in [-0.25, -0.2) is 9.98 Å². The molecule has 0 aliphatic carbocycles. The number of aliphatic imine (C=N–C) groups is 2. The van der Waals surface area contributed by atoms with Gasteiger partial charge in [-0.05, 0) is 77.4 Å². The topological polar surface area (TPSA) is 78.4 Å². The number of benzene rings is 6. The Morgan fingerprint density at radius 3 is 2.15 bits per heavy atom. The van der Waals surface area contributed by atoms with E-state index >= 15 is 0 Å². The molecule has 0 fully saturated rings. The number of nitriles is 1. The van der Waals surface area contributed by atoms with Gasteiger partial charge < -0.3 is 9.88 Å². The molecule has 1 unspecified atom stereocenters. The van der Waals surface area contributed by atoms with Gasteiger partial charge >= 0.3 is 0 Å². The van der Waals surface area contributed by atoms with Gasteiger partial charge in [-0.1, -0.05) is 91.0 Å². The molecule has 0 amide bonds. The number of thiophene rings is 1. The first-order valence-electron chi connectivity index (χ1n) is 17.1. The molecule has 1 aliphatic rings.